The summed E-state index contributed by atoms with van der Waals surface area (Å²) < 4.78 is 0. The van der Waals surface area contributed by atoms with Gasteiger partial charge in [-0.05, 0) is 99.3 Å². The molecule has 0 bridgehead atoms. The fourth-order valence-electron chi connectivity index (χ4n) is 4.56. The first-order chi connectivity index (χ1) is 15.0. The van der Waals surface area contributed by atoms with Gasteiger partial charge in [-0.25, -0.2) is 0 Å². The van der Waals surface area contributed by atoms with E-state index in [4.69, 9.17) is 0 Å². The number of hydrogen-bond acceptors (Lipinski definition) is 0. The molecule has 0 fully saturated rings. The van der Waals surface area contributed by atoms with Crippen molar-refractivity contribution < 1.29 is 0 Å². The van der Waals surface area contributed by atoms with Gasteiger partial charge in [0.05, 0.1) is 0 Å². The van der Waals surface area contributed by atoms with Crippen LogP contribution in [0.25, 0.3) is 0 Å². The molecule has 0 radical (unpaired) electrons. The van der Waals surface area contributed by atoms with E-state index in [9.17, 15) is 0 Å². The van der Waals surface area contributed by atoms with Crippen LogP contribution in [-0.4, -0.2) is 0 Å². The van der Waals surface area contributed by atoms with Crippen LogP contribution in [0, 0.1) is 5.41 Å². The maximum Gasteiger partial charge on any atom is 0.0310 e. The predicted molar refractivity (Wildman–Crippen MR) is 147 cm³/mol. The highest BCUT2D eigenvalue weighted by atomic mass is 14.4. The highest BCUT2D eigenvalue weighted by Gasteiger charge is 2.33. The van der Waals surface area contributed by atoms with Crippen molar-refractivity contribution in [2.24, 2.45) is 5.41 Å². The molecule has 0 aromatic carbocycles. The second-order valence-electron chi connectivity index (χ2n) is 9.16. The predicted octanol–water partition coefficient (Wildman–Crippen LogP) is 10.1. The summed E-state index contributed by atoms with van der Waals surface area (Å²) in [6, 6.07) is 0. The molecule has 0 saturated carbocycles. The van der Waals surface area contributed by atoms with Gasteiger partial charge in [0.15, 0.2) is 0 Å². The van der Waals surface area contributed by atoms with Crippen LogP contribution in [0.15, 0.2) is 119 Å². The standard InChI is InChI=1S/C32H44/c1-13-17-18-29(22(5)6)28(15-3)27(14-2)26(11)24(9)21-31-30(23(7)8)20-19-25(10)32(31,12)16-4/h13,16-18,21H,1,4,7,10-11,14-15,19-20H2,2-3,5-6,8-9,12H3/b18-17-,24-21+,28-27-/t32-/m1/s1. The smallest absolute Gasteiger partial charge is 0.0310 e. The SMILES string of the molecule is C=C/C=C\C(=C(C)C)/C(CC)=C(/CC)C(=C)/C(C)=C/C1=C(C(=C)C)CCC(=C)[C@@]1(C)C=C. The lowest BCUT2D eigenvalue weighted by Gasteiger charge is -2.37. The Kier molecular flexibility index (Phi) is 10.2. The van der Waals surface area contributed by atoms with Crippen molar-refractivity contribution in [1.29, 1.82) is 0 Å². The second-order valence-corrected chi connectivity index (χ2v) is 9.16. The second kappa shape index (κ2) is 11.9. The summed E-state index contributed by atoms with van der Waals surface area (Å²) in [7, 11) is 0. The van der Waals surface area contributed by atoms with Gasteiger partial charge in [-0.2, -0.15) is 0 Å². The molecule has 0 heteroatoms. The number of rotatable bonds is 10. The molecular weight excluding hydrogens is 384 g/mol. The summed E-state index contributed by atoms with van der Waals surface area (Å²) in [4.78, 5) is 0. The third-order valence-electron chi connectivity index (χ3n) is 6.75. The van der Waals surface area contributed by atoms with E-state index in [1.165, 1.54) is 44.6 Å². The lowest BCUT2D eigenvalue weighted by Crippen LogP contribution is -2.24. The van der Waals surface area contributed by atoms with Crippen LogP contribution in [0.2, 0.25) is 0 Å². The molecule has 0 heterocycles. The van der Waals surface area contributed by atoms with E-state index in [0.717, 1.165) is 36.8 Å². The normalized spacial score (nSPS) is 20.2. The minimum atomic E-state index is -0.254. The van der Waals surface area contributed by atoms with Gasteiger partial charge in [0.2, 0.25) is 0 Å². The summed E-state index contributed by atoms with van der Waals surface area (Å²) in [5, 5.41) is 0. The maximum atomic E-state index is 4.56. The van der Waals surface area contributed by atoms with Crippen LogP contribution in [-0.2, 0) is 0 Å². The van der Waals surface area contributed by atoms with E-state index in [2.05, 4.69) is 93.5 Å². The van der Waals surface area contributed by atoms with E-state index in [0.29, 0.717) is 0 Å². The lowest BCUT2D eigenvalue weighted by atomic mass is 9.66. The highest BCUT2D eigenvalue weighted by molar-refractivity contribution is 5.59. The van der Waals surface area contributed by atoms with Crippen molar-refractivity contribution in [3.63, 3.8) is 0 Å². The largest absolute Gasteiger partial charge is 0.102 e. The molecule has 0 aliphatic heterocycles. The van der Waals surface area contributed by atoms with Gasteiger partial charge in [0, 0.05) is 5.41 Å². The number of allylic oxidation sites excluding steroid dienone is 15. The topological polar surface area (TPSA) is 0 Å². The zero-order chi connectivity index (χ0) is 24.6. The Morgan fingerprint density at radius 3 is 2.00 bits per heavy atom. The molecule has 1 aliphatic carbocycles. The molecule has 1 aliphatic rings. The monoisotopic (exact) mass is 428 g/mol. The number of hydrogen-bond donors (Lipinski definition) is 0. The molecule has 0 amide bonds. The van der Waals surface area contributed by atoms with Crippen LogP contribution in [0.1, 0.15) is 74.1 Å². The first kappa shape index (κ1) is 27.4. The Bertz CT molecular complexity index is 958. The summed E-state index contributed by atoms with van der Waals surface area (Å²) in [6.45, 7) is 36.5. The van der Waals surface area contributed by atoms with Crippen LogP contribution in [0.5, 0.6) is 0 Å². The summed E-state index contributed by atoms with van der Waals surface area (Å²) in [5.74, 6) is 0. The van der Waals surface area contributed by atoms with E-state index in [1.807, 2.05) is 18.2 Å². The molecule has 0 nitrogen and oxygen atoms in total. The molecule has 0 aromatic heterocycles. The van der Waals surface area contributed by atoms with Crippen molar-refractivity contribution in [3.05, 3.63) is 119 Å². The molecule has 1 atom stereocenters. The van der Waals surface area contributed by atoms with E-state index >= 15 is 0 Å². The Morgan fingerprint density at radius 1 is 0.969 bits per heavy atom. The molecule has 32 heavy (non-hydrogen) atoms. The van der Waals surface area contributed by atoms with Gasteiger partial charge in [0.25, 0.3) is 0 Å². The van der Waals surface area contributed by atoms with Crippen molar-refractivity contribution in [3.8, 4) is 0 Å². The minimum absolute atomic E-state index is 0.254. The molecule has 1 rings (SSSR count). The fraction of sp³-hybridized carbons (Fsp3) is 0.375. The average Bonchev–Trinajstić information content (AvgIpc) is 2.75. The molecule has 0 spiro atoms. The van der Waals surface area contributed by atoms with Gasteiger partial charge < -0.3 is 0 Å². The van der Waals surface area contributed by atoms with Crippen molar-refractivity contribution in [2.45, 2.75) is 74.1 Å². The zero-order valence-electron chi connectivity index (χ0n) is 21.8. The molecule has 0 unspecified atom stereocenters. The summed E-state index contributed by atoms with van der Waals surface area (Å²) in [5.41, 5.74) is 12.2. The van der Waals surface area contributed by atoms with Gasteiger partial charge in [-0.3, -0.25) is 0 Å². The van der Waals surface area contributed by atoms with Crippen LogP contribution in [0.4, 0.5) is 0 Å². The molecule has 0 N–H and O–H groups in total. The van der Waals surface area contributed by atoms with Gasteiger partial charge in [-0.15, -0.1) is 6.58 Å². The van der Waals surface area contributed by atoms with E-state index in [1.54, 1.807) is 0 Å². The molecule has 172 valence electrons. The van der Waals surface area contributed by atoms with E-state index < -0.39 is 0 Å². The van der Waals surface area contributed by atoms with Crippen LogP contribution < -0.4 is 0 Å². The third-order valence-corrected chi connectivity index (χ3v) is 6.75. The minimum Gasteiger partial charge on any atom is -0.102 e. The van der Waals surface area contributed by atoms with Crippen molar-refractivity contribution in [2.75, 3.05) is 0 Å². The Balaban J connectivity index is 3.75. The van der Waals surface area contributed by atoms with E-state index in [-0.39, 0.29) is 5.41 Å². The van der Waals surface area contributed by atoms with Gasteiger partial charge >= 0.3 is 0 Å². The summed E-state index contributed by atoms with van der Waals surface area (Å²) >= 11 is 0. The maximum absolute atomic E-state index is 4.56. The fourth-order valence-corrected chi connectivity index (χ4v) is 4.56. The third kappa shape index (κ3) is 5.80. The Morgan fingerprint density at radius 2 is 1.56 bits per heavy atom. The highest BCUT2D eigenvalue weighted by Crippen LogP contribution is 2.47. The lowest BCUT2D eigenvalue weighted by molar-refractivity contribution is 0.563. The summed E-state index contributed by atoms with van der Waals surface area (Å²) in [6.07, 6.45) is 14.2. The molecular formula is C32H44. The first-order valence-corrected chi connectivity index (χ1v) is 11.8. The van der Waals surface area contributed by atoms with Crippen molar-refractivity contribution in [1.82, 2.24) is 0 Å². The van der Waals surface area contributed by atoms with Crippen LogP contribution in [0.3, 0.4) is 0 Å². The van der Waals surface area contributed by atoms with Crippen LogP contribution >= 0.6 is 0 Å². The Labute approximate surface area is 198 Å². The zero-order valence-corrected chi connectivity index (χ0v) is 21.8. The average molecular weight is 429 g/mol. The van der Waals surface area contributed by atoms with Crippen molar-refractivity contribution >= 4 is 0 Å². The molecule has 0 saturated heterocycles. The Hall–Kier alpha value is -2.60. The first-order valence-electron chi connectivity index (χ1n) is 11.8. The molecule has 0 aromatic rings. The van der Waals surface area contributed by atoms with Gasteiger partial charge in [0.1, 0.15) is 0 Å². The quantitative estimate of drug-likeness (QED) is 0.240. The van der Waals surface area contributed by atoms with Gasteiger partial charge in [-0.1, -0.05) is 87.3 Å².